The van der Waals surface area contributed by atoms with E-state index in [0.717, 1.165) is 16.9 Å². The van der Waals surface area contributed by atoms with Crippen molar-refractivity contribution in [2.75, 3.05) is 40.5 Å². The molecule has 1 N–H and O–H groups in total. The zero-order valence-electron chi connectivity index (χ0n) is 17.2. The van der Waals surface area contributed by atoms with Crippen molar-refractivity contribution in [1.29, 1.82) is 0 Å². The average Bonchev–Trinajstić information content (AvgIpc) is 3.19. The van der Waals surface area contributed by atoms with Gasteiger partial charge in [0, 0.05) is 38.2 Å². The molecule has 2 atom stereocenters. The maximum atomic E-state index is 13.1. The Morgan fingerprint density at radius 2 is 1.79 bits per heavy atom. The molecule has 2 amide bonds. The Hall–Kier alpha value is -2.86. The quantitative estimate of drug-likeness (QED) is 0.731. The molecule has 0 radical (unpaired) electrons. The molecule has 2 unspecified atom stereocenters. The smallest absolute Gasteiger partial charge is 0.254 e. The fourth-order valence-corrected chi connectivity index (χ4v) is 3.81. The van der Waals surface area contributed by atoms with Gasteiger partial charge in [-0.3, -0.25) is 9.59 Å². The van der Waals surface area contributed by atoms with Gasteiger partial charge in [0.25, 0.3) is 5.91 Å². The highest BCUT2D eigenvalue weighted by Crippen LogP contribution is 2.34. The Morgan fingerprint density at radius 1 is 1.07 bits per heavy atom. The molecule has 2 aromatic carbocycles. The first-order valence-corrected chi connectivity index (χ1v) is 9.80. The van der Waals surface area contributed by atoms with E-state index in [1.807, 2.05) is 55.5 Å². The summed E-state index contributed by atoms with van der Waals surface area (Å²) in [6.07, 6.45) is 0. The second-order valence-corrected chi connectivity index (χ2v) is 7.30. The molecule has 154 valence electrons. The Morgan fingerprint density at radius 3 is 2.45 bits per heavy atom. The Balaban J connectivity index is 1.83. The lowest BCUT2D eigenvalue weighted by molar-refractivity contribution is -0.125. The van der Waals surface area contributed by atoms with E-state index in [1.165, 1.54) is 0 Å². The number of benzene rings is 2. The van der Waals surface area contributed by atoms with Crippen molar-refractivity contribution >= 4 is 11.8 Å². The van der Waals surface area contributed by atoms with Gasteiger partial charge < -0.3 is 19.7 Å². The van der Waals surface area contributed by atoms with Crippen LogP contribution < -0.4 is 10.1 Å². The molecule has 2 aromatic rings. The molecule has 0 spiro atoms. The monoisotopic (exact) mass is 396 g/mol. The van der Waals surface area contributed by atoms with Gasteiger partial charge in [-0.15, -0.1) is 0 Å². The van der Waals surface area contributed by atoms with E-state index in [2.05, 4.69) is 5.32 Å². The van der Waals surface area contributed by atoms with E-state index in [1.54, 1.807) is 19.1 Å². The standard InChI is InChI=1S/C23H28N2O4/c1-16-6-4-5-7-19(16)23(27)25-14-20(17-8-10-18(29-3)11-9-17)21(15-25)22(26)24-12-13-28-2/h4-11,20-21H,12-15H2,1-3H3,(H,24,26). The molecule has 29 heavy (non-hydrogen) atoms. The molecular formula is C23H28N2O4. The van der Waals surface area contributed by atoms with Crippen molar-refractivity contribution in [1.82, 2.24) is 10.2 Å². The van der Waals surface area contributed by atoms with Crippen LogP contribution in [-0.2, 0) is 9.53 Å². The zero-order valence-corrected chi connectivity index (χ0v) is 17.2. The molecule has 0 aromatic heterocycles. The molecular weight excluding hydrogens is 368 g/mol. The van der Waals surface area contributed by atoms with Gasteiger partial charge in [-0.05, 0) is 36.2 Å². The van der Waals surface area contributed by atoms with Crippen molar-refractivity contribution < 1.29 is 19.1 Å². The van der Waals surface area contributed by atoms with Gasteiger partial charge in [-0.1, -0.05) is 30.3 Å². The van der Waals surface area contributed by atoms with Gasteiger partial charge >= 0.3 is 0 Å². The summed E-state index contributed by atoms with van der Waals surface area (Å²) in [5.41, 5.74) is 2.64. The highest BCUT2D eigenvalue weighted by molar-refractivity contribution is 5.96. The first kappa shape index (κ1) is 20.9. The van der Waals surface area contributed by atoms with Gasteiger partial charge in [0.1, 0.15) is 5.75 Å². The van der Waals surface area contributed by atoms with Crippen LogP contribution in [0.2, 0.25) is 0 Å². The minimum Gasteiger partial charge on any atom is -0.497 e. The predicted molar refractivity (Wildman–Crippen MR) is 111 cm³/mol. The van der Waals surface area contributed by atoms with Crippen LogP contribution in [0, 0.1) is 12.8 Å². The second kappa shape index (κ2) is 9.56. The number of nitrogens with zero attached hydrogens (tertiary/aromatic N) is 1. The minimum atomic E-state index is -0.312. The van der Waals surface area contributed by atoms with E-state index in [9.17, 15) is 9.59 Å². The maximum absolute atomic E-state index is 13.1. The summed E-state index contributed by atoms with van der Waals surface area (Å²) in [5.74, 6) is 0.294. The van der Waals surface area contributed by atoms with Crippen molar-refractivity contribution in [2.24, 2.45) is 5.92 Å². The summed E-state index contributed by atoms with van der Waals surface area (Å²) in [6.45, 7) is 3.73. The molecule has 6 heteroatoms. The van der Waals surface area contributed by atoms with E-state index in [-0.39, 0.29) is 23.7 Å². The number of carbonyl (C=O) groups excluding carboxylic acids is 2. The van der Waals surface area contributed by atoms with Crippen molar-refractivity contribution in [3.8, 4) is 5.75 Å². The molecule has 0 bridgehead atoms. The third kappa shape index (κ3) is 4.77. The van der Waals surface area contributed by atoms with Crippen molar-refractivity contribution in [3.63, 3.8) is 0 Å². The lowest BCUT2D eigenvalue weighted by Gasteiger charge is -2.18. The SMILES string of the molecule is COCCNC(=O)C1CN(C(=O)c2ccccc2C)CC1c1ccc(OC)cc1. The number of aryl methyl sites for hydroxylation is 1. The molecule has 1 aliphatic rings. The number of amides is 2. The lowest BCUT2D eigenvalue weighted by Crippen LogP contribution is -2.37. The fourth-order valence-electron chi connectivity index (χ4n) is 3.81. The summed E-state index contributed by atoms with van der Waals surface area (Å²) in [4.78, 5) is 27.8. The largest absolute Gasteiger partial charge is 0.497 e. The van der Waals surface area contributed by atoms with Crippen LogP contribution in [0.4, 0.5) is 0 Å². The average molecular weight is 396 g/mol. The molecule has 6 nitrogen and oxygen atoms in total. The van der Waals surface area contributed by atoms with E-state index in [4.69, 9.17) is 9.47 Å². The van der Waals surface area contributed by atoms with Crippen LogP contribution in [0.1, 0.15) is 27.4 Å². The molecule has 3 rings (SSSR count). The van der Waals surface area contributed by atoms with Gasteiger partial charge in [-0.25, -0.2) is 0 Å². The lowest BCUT2D eigenvalue weighted by atomic mass is 9.88. The first-order valence-electron chi connectivity index (χ1n) is 9.80. The zero-order chi connectivity index (χ0) is 20.8. The van der Waals surface area contributed by atoms with Crippen LogP contribution in [0.5, 0.6) is 5.75 Å². The van der Waals surface area contributed by atoms with E-state index in [0.29, 0.717) is 31.8 Å². The number of carbonyl (C=O) groups is 2. The first-order chi connectivity index (χ1) is 14.0. The van der Waals surface area contributed by atoms with Crippen LogP contribution in [-0.4, -0.2) is 57.2 Å². The van der Waals surface area contributed by atoms with Gasteiger partial charge in [-0.2, -0.15) is 0 Å². The van der Waals surface area contributed by atoms with Crippen molar-refractivity contribution in [2.45, 2.75) is 12.8 Å². The third-order valence-corrected chi connectivity index (χ3v) is 5.47. The van der Waals surface area contributed by atoms with E-state index < -0.39 is 0 Å². The number of hydrogen-bond acceptors (Lipinski definition) is 4. The predicted octanol–water partition coefficient (Wildman–Crippen LogP) is 2.62. The highest BCUT2D eigenvalue weighted by Gasteiger charge is 2.40. The normalized spacial score (nSPS) is 18.5. The topological polar surface area (TPSA) is 67.9 Å². The molecule has 1 heterocycles. The number of hydrogen-bond donors (Lipinski definition) is 1. The van der Waals surface area contributed by atoms with Crippen LogP contribution in [0.15, 0.2) is 48.5 Å². The fraction of sp³-hybridized carbons (Fsp3) is 0.391. The molecule has 1 fully saturated rings. The molecule has 1 saturated heterocycles. The molecule has 1 aliphatic heterocycles. The Kier molecular flexibility index (Phi) is 6.88. The Bertz CT molecular complexity index is 850. The number of likely N-dealkylation sites (tertiary alicyclic amines) is 1. The summed E-state index contributed by atoms with van der Waals surface area (Å²) in [6, 6.07) is 15.3. The van der Waals surface area contributed by atoms with Gasteiger partial charge in [0.05, 0.1) is 19.6 Å². The van der Waals surface area contributed by atoms with Gasteiger partial charge in [0.15, 0.2) is 0 Å². The summed E-state index contributed by atoms with van der Waals surface area (Å²) in [7, 11) is 3.23. The molecule has 0 saturated carbocycles. The van der Waals surface area contributed by atoms with Crippen molar-refractivity contribution in [3.05, 3.63) is 65.2 Å². The number of nitrogens with one attached hydrogen (secondary N) is 1. The Labute approximate surface area is 171 Å². The highest BCUT2D eigenvalue weighted by atomic mass is 16.5. The third-order valence-electron chi connectivity index (χ3n) is 5.47. The summed E-state index contributed by atoms with van der Waals surface area (Å²) in [5, 5.41) is 2.93. The minimum absolute atomic E-state index is 0.0335. The van der Waals surface area contributed by atoms with Crippen LogP contribution in [0.25, 0.3) is 0 Å². The maximum Gasteiger partial charge on any atom is 0.254 e. The summed E-state index contributed by atoms with van der Waals surface area (Å²) >= 11 is 0. The summed E-state index contributed by atoms with van der Waals surface area (Å²) < 4.78 is 10.3. The number of ether oxygens (including phenoxy) is 2. The molecule has 0 aliphatic carbocycles. The van der Waals surface area contributed by atoms with Crippen LogP contribution >= 0.6 is 0 Å². The second-order valence-electron chi connectivity index (χ2n) is 7.30. The number of rotatable bonds is 7. The van der Waals surface area contributed by atoms with Crippen LogP contribution in [0.3, 0.4) is 0 Å². The van der Waals surface area contributed by atoms with E-state index >= 15 is 0 Å². The van der Waals surface area contributed by atoms with Gasteiger partial charge in [0.2, 0.25) is 5.91 Å². The number of methoxy groups -OCH3 is 2.